The number of guanidine groups is 1. The fraction of sp³-hybridized carbons (Fsp3) is 0.409. The molecular formula is C22H27ClFN3O. The number of ether oxygens (including phenoxy) is 1. The van der Waals surface area contributed by atoms with Gasteiger partial charge in [0.05, 0.1) is 0 Å². The molecule has 3 rings (SSSR count). The van der Waals surface area contributed by atoms with E-state index < -0.39 is 0 Å². The number of rotatable bonds is 6. The van der Waals surface area contributed by atoms with Crippen molar-refractivity contribution in [1.82, 2.24) is 10.6 Å². The van der Waals surface area contributed by atoms with Crippen molar-refractivity contribution in [3.63, 3.8) is 0 Å². The van der Waals surface area contributed by atoms with Gasteiger partial charge in [-0.15, -0.1) is 0 Å². The third kappa shape index (κ3) is 5.46. The SMILES string of the molecule is CN=C(NCCc1cccc(F)c1)NCC1(c2cccc(Cl)c2)CCOCC1. The zero-order chi connectivity index (χ0) is 19.8. The molecule has 2 aromatic rings. The molecule has 4 nitrogen and oxygen atoms in total. The van der Waals surface area contributed by atoms with E-state index in [2.05, 4.69) is 27.8 Å². The van der Waals surface area contributed by atoms with E-state index in [4.69, 9.17) is 16.3 Å². The molecule has 1 saturated heterocycles. The molecule has 1 heterocycles. The molecule has 0 radical (unpaired) electrons. The van der Waals surface area contributed by atoms with Gasteiger partial charge in [0.25, 0.3) is 0 Å². The third-order valence-corrected chi connectivity index (χ3v) is 5.53. The van der Waals surface area contributed by atoms with E-state index in [1.807, 2.05) is 18.2 Å². The average molecular weight is 404 g/mol. The lowest BCUT2D eigenvalue weighted by Gasteiger charge is -2.38. The van der Waals surface area contributed by atoms with Crippen LogP contribution in [0.4, 0.5) is 4.39 Å². The summed E-state index contributed by atoms with van der Waals surface area (Å²) in [5.74, 6) is 0.535. The molecule has 0 atom stereocenters. The van der Waals surface area contributed by atoms with Crippen molar-refractivity contribution < 1.29 is 9.13 Å². The zero-order valence-corrected chi connectivity index (χ0v) is 16.9. The molecule has 150 valence electrons. The second-order valence-corrected chi connectivity index (χ2v) is 7.57. The first-order valence-corrected chi connectivity index (χ1v) is 10.0. The molecule has 6 heteroatoms. The average Bonchev–Trinajstić information content (AvgIpc) is 2.71. The van der Waals surface area contributed by atoms with Crippen molar-refractivity contribution in [1.29, 1.82) is 0 Å². The summed E-state index contributed by atoms with van der Waals surface area (Å²) in [6, 6.07) is 14.8. The number of hydrogen-bond acceptors (Lipinski definition) is 2. The van der Waals surface area contributed by atoms with E-state index in [1.165, 1.54) is 11.6 Å². The van der Waals surface area contributed by atoms with Crippen molar-refractivity contribution in [2.75, 3.05) is 33.4 Å². The van der Waals surface area contributed by atoms with Crippen LogP contribution in [0.3, 0.4) is 0 Å². The highest BCUT2D eigenvalue weighted by molar-refractivity contribution is 6.30. The van der Waals surface area contributed by atoms with Crippen LogP contribution in [0.1, 0.15) is 24.0 Å². The second kappa shape index (κ2) is 9.89. The Morgan fingerprint density at radius 1 is 1.14 bits per heavy atom. The summed E-state index contributed by atoms with van der Waals surface area (Å²) in [6.07, 6.45) is 2.59. The Balaban J connectivity index is 1.60. The topological polar surface area (TPSA) is 45.7 Å². The molecule has 1 aliphatic rings. The number of benzene rings is 2. The highest BCUT2D eigenvalue weighted by Crippen LogP contribution is 2.35. The van der Waals surface area contributed by atoms with Gasteiger partial charge in [0.15, 0.2) is 5.96 Å². The maximum Gasteiger partial charge on any atom is 0.191 e. The molecule has 2 N–H and O–H groups in total. The minimum absolute atomic E-state index is 0.0384. The Hall–Kier alpha value is -2.11. The van der Waals surface area contributed by atoms with E-state index in [1.54, 1.807) is 19.2 Å². The molecule has 0 bridgehead atoms. The first kappa shape index (κ1) is 20.6. The Bertz CT molecular complexity index is 806. The molecule has 0 unspecified atom stereocenters. The van der Waals surface area contributed by atoms with Crippen LogP contribution in [-0.4, -0.2) is 39.3 Å². The Labute approximate surface area is 171 Å². The van der Waals surface area contributed by atoms with Gasteiger partial charge in [-0.1, -0.05) is 35.9 Å². The maximum absolute atomic E-state index is 13.3. The smallest absolute Gasteiger partial charge is 0.191 e. The van der Waals surface area contributed by atoms with Crippen molar-refractivity contribution >= 4 is 17.6 Å². The molecule has 0 saturated carbocycles. The highest BCUT2D eigenvalue weighted by Gasteiger charge is 2.34. The molecule has 1 aliphatic heterocycles. The van der Waals surface area contributed by atoms with E-state index in [0.29, 0.717) is 6.54 Å². The number of hydrogen-bond donors (Lipinski definition) is 2. The lowest BCUT2D eigenvalue weighted by molar-refractivity contribution is 0.0514. The summed E-state index contributed by atoms with van der Waals surface area (Å²) in [5.41, 5.74) is 2.15. The fourth-order valence-corrected chi connectivity index (χ4v) is 3.83. The van der Waals surface area contributed by atoms with Gasteiger partial charge in [0.1, 0.15) is 5.82 Å². The van der Waals surface area contributed by atoms with Crippen LogP contribution in [0.25, 0.3) is 0 Å². The van der Waals surface area contributed by atoms with Gasteiger partial charge in [-0.05, 0) is 54.7 Å². The van der Waals surface area contributed by atoms with Crippen LogP contribution < -0.4 is 10.6 Å². The summed E-state index contributed by atoms with van der Waals surface area (Å²) >= 11 is 6.24. The Morgan fingerprint density at radius 2 is 1.93 bits per heavy atom. The molecule has 0 aliphatic carbocycles. The molecular weight excluding hydrogens is 377 g/mol. The Kier molecular flexibility index (Phi) is 7.29. The van der Waals surface area contributed by atoms with Crippen LogP contribution in [0, 0.1) is 5.82 Å². The molecule has 0 spiro atoms. The van der Waals surface area contributed by atoms with Gasteiger partial charge < -0.3 is 15.4 Å². The Morgan fingerprint density at radius 3 is 2.64 bits per heavy atom. The summed E-state index contributed by atoms with van der Waals surface area (Å²) < 4.78 is 18.9. The van der Waals surface area contributed by atoms with Gasteiger partial charge in [0, 0.05) is 43.8 Å². The molecule has 1 fully saturated rings. The predicted octanol–water partition coefficient (Wildman–Crippen LogP) is 3.94. The second-order valence-electron chi connectivity index (χ2n) is 7.14. The molecule has 0 amide bonds. The summed E-state index contributed by atoms with van der Waals surface area (Å²) in [7, 11) is 1.76. The lowest BCUT2D eigenvalue weighted by Crippen LogP contribution is -2.48. The largest absolute Gasteiger partial charge is 0.381 e. The lowest BCUT2D eigenvalue weighted by atomic mass is 9.74. The van der Waals surface area contributed by atoms with E-state index in [9.17, 15) is 4.39 Å². The van der Waals surface area contributed by atoms with Crippen molar-refractivity contribution in [3.05, 3.63) is 70.5 Å². The fourth-order valence-electron chi connectivity index (χ4n) is 3.64. The summed E-state index contributed by atoms with van der Waals surface area (Å²) in [4.78, 5) is 4.33. The monoisotopic (exact) mass is 403 g/mol. The van der Waals surface area contributed by atoms with Gasteiger partial charge >= 0.3 is 0 Å². The minimum atomic E-state index is -0.206. The van der Waals surface area contributed by atoms with Crippen LogP contribution in [0.2, 0.25) is 5.02 Å². The third-order valence-electron chi connectivity index (χ3n) is 5.30. The predicted molar refractivity (Wildman–Crippen MR) is 113 cm³/mol. The van der Waals surface area contributed by atoms with Crippen molar-refractivity contribution in [3.8, 4) is 0 Å². The molecule has 2 aromatic carbocycles. The van der Waals surface area contributed by atoms with Crippen LogP contribution >= 0.6 is 11.6 Å². The summed E-state index contributed by atoms with van der Waals surface area (Å²) in [6.45, 7) is 2.90. The number of aliphatic imine (C=N–C) groups is 1. The van der Waals surface area contributed by atoms with Crippen LogP contribution in [0.15, 0.2) is 53.5 Å². The summed E-state index contributed by atoms with van der Waals surface area (Å²) in [5, 5.41) is 7.53. The maximum atomic E-state index is 13.3. The van der Waals surface area contributed by atoms with Gasteiger partial charge in [0.2, 0.25) is 0 Å². The molecule has 28 heavy (non-hydrogen) atoms. The first-order chi connectivity index (χ1) is 13.6. The van der Waals surface area contributed by atoms with Crippen LogP contribution in [0.5, 0.6) is 0 Å². The number of halogens is 2. The normalized spacial score (nSPS) is 16.6. The number of nitrogens with zero attached hydrogens (tertiary/aromatic N) is 1. The first-order valence-electron chi connectivity index (χ1n) is 9.64. The molecule has 0 aromatic heterocycles. The van der Waals surface area contributed by atoms with Gasteiger partial charge in [-0.25, -0.2) is 4.39 Å². The van der Waals surface area contributed by atoms with Gasteiger partial charge in [-0.2, -0.15) is 0 Å². The van der Waals surface area contributed by atoms with Gasteiger partial charge in [-0.3, -0.25) is 4.99 Å². The highest BCUT2D eigenvalue weighted by atomic mass is 35.5. The van der Waals surface area contributed by atoms with E-state index in [-0.39, 0.29) is 11.2 Å². The van der Waals surface area contributed by atoms with Crippen LogP contribution in [-0.2, 0) is 16.6 Å². The zero-order valence-electron chi connectivity index (χ0n) is 16.2. The minimum Gasteiger partial charge on any atom is -0.381 e. The number of nitrogens with one attached hydrogen (secondary N) is 2. The van der Waals surface area contributed by atoms with Crippen molar-refractivity contribution in [2.24, 2.45) is 4.99 Å². The quantitative estimate of drug-likeness (QED) is 0.567. The van der Waals surface area contributed by atoms with Crippen molar-refractivity contribution in [2.45, 2.75) is 24.7 Å². The van der Waals surface area contributed by atoms with E-state index in [0.717, 1.165) is 55.6 Å². The standard InChI is InChI=1S/C22H27ClFN3O/c1-25-21(26-11-8-17-4-2-7-20(24)14-17)27-16-22(9-12-28-13-10-22)18-5-3-6-19(23)15-18/h2-7,14-15H,8-13,16H2,1H3,(H2,25,26,27). The van der Waals surface area contributed by atoms with E-state index >= 15 is 0 Å².